The number of rotatable bonds is 8. The quantitative estimate of drug-likeness (QED) is 0.580. The second kappa shape index (κ2) is 8.94. The SMILES string of the molecule is CCCCN(CCCC)C(=O)Nc1ccc([N+](=O)[O-])cc1. The van der Waals surface area contributed by atoms with Crippen molar-refractivity contribution in [2.24, 2.45) is 0 Å². The van der Waals surface area contributed by atoms with Gasteiger partial charge in [0, 0.05) is 30.9 Å². The van der Waals surface area contributed by atoms with Gasteiger partial charge in [0.2, 0.25) is 0 Å². The van der Waals surface area contributed by atoms with E-state index in [4.69, 9.17) is 0 Å². The Labute approximate surface area is 125 Å². The number of urea groups is 1. The number of unbranched alkanes of at least 4 members (excludes halogenated alkanes) is 2. The Morgan fingerprint density at radius 3 is 2.10 bits per heavy atom. The van der Waals surface area contributed by atoms with E-state index in [9.17, 15) is 14.9 Å². The van der Waals surface area contributed by atoms with E-state index in [0.717, 1.165) is 38.8 Å². The Morgan fingerprint density at radius 2 is 1.67 bits per heavy atom. The number of carbonyl (C=O) groups is 1. The van der Waals surface area contributed by atoms with E-state index in [0.29, 0.717) is 5.69 Å². The maximum Gasteiger partial charge on any atom is 0.321 e. The third kappa shape index (κ3) is 5.81. The van der Waals surface area contributed by atoms with Crippen molar-refractivity contribution in [2.75, 3.05) is 18.4 Å². The standard InChI is InChI=1S/C15H23N3O3/c1-3-5-11-17(12-6-4-2)15(19)16-13-7-9-14(10-8-13)18(20)21/h7-10H,3-6,11-12H2,1-2H3,(H,16,19). The number of hydrogen-bond acceptors (Lipinski definition) is 3. The van der Waals surface area contributed by atoms with Gasteiger partial charge in [0.1, 0.15) is 0 Å². The lowest BCUT2D eigenvalue weighted by Gasteiger charge is -2.22. The molecule has 1 aromatic rings. The number of nitrogens with one attached hydrogen (secondary N) is 1. The highest BCUT2D eigenvalue weighted by molar-refractivity contribution is 5.89. The molecule has 0 aliphatic heterocycles. The molecule has 0 aromatic heterocycles. The van der Waals surface area contributed by atoms with Crippen LogP contribution in [0.1, 0.15) is 39.5 Å². The number of amides is 2. The molecule has 0 atom stereocenters. The van der Waals surface area contributed by atoms with Gasteiger partial charge in [0.25, 0.3) is 5.69 Å². The molecule has 0 fully saturated rings. The molecule has 0 aliphatic rings. The second-order valence-electron chi connectivity index (χ2n) is 4.93. The van der Waals surface area contributed by atoms with Gasteiger partial charge in [-0.3, -0.25) is 10.1 Å². The van der Waals surface area contributed by atoms with Gasteiger partial charge in [-0.05, 0) is 25.0 Å². The van der Waals surface area contributed by atoms with Gasteiger partial charge in [-0.15, -0.1) is 0 Å². The topological polar surface area (TPSA) is 75.5 Å². The molecule has 6 nitrogen and oxygen atoms in total. The minimum Gasteiger partial charge on any atom is -0.325 e. The Bertz CT molecular complexity index is 452. The van der Waals surface area contributed by atoms with Crippen LogP contribution in [0.3, 0.4) is 0 Å². The van der Waals surface area contributed by atoms with Crippen LogP contribution < -0.4 is 5.32 Å². The van der Waals surface area contributed by atoms with E-state index in [1.54, 1.807) is 17.0 Å². The number of anilines is 1. The zero-order valence-corrected chi connectivity index (χ0v) is 12.7. The summed E-state index contributed by atoms with van der Waals surface area (Å²) in [7, 11) is 0. The number of nitrogens with zero attached hydrogens (tertiary/aromatic N) is 2. The average Bonchev–Trinajstić information content (AvgIpc) is 2.47. The van der Waals surface area contributed by atoms with Crippen molar-refractivity contribution in [3.63, 3.8) is 0 Å². The summed E-state index contributed by atoms with van der Waals surface area (Å²) in [6.45, 7) is 5.64. The molecule has 2 amide bonds. The van der Waals surface area contributed by atoms with Crippen molar-refractivity contribution >= 4 is 17.4 Å². The number of nitro benzene ring substituents is 1. The van der Waals surface area contributed by atoms with Gasteiger partial charge in [0.05, 0.1) is 4.92 Å². The van der Waals surface area contributed by atoms with Gasteiger partial charge in [-0.25, -0.2) is 4.79 Å². The largest absolute Gasteiger partial charge is 0.325 e. The Hall–Kier alpha value is -2.11. The van der Waals surface area contributed by atoms with E-state index < -0.39 is 4.92 Å². The van der Waals surface area contributed by atoms with E-state index in [-0.39, 0.29) is 11.7 Å². The fourth-order valence-corrected chi connectivity index (χ4v) is 1.88. The van der Waals surface area contributed by atoms with Gasteiger partial charge in [-0.2, -0.15) is 0 Å². The molecule has 0 saturated heterocycles. The lowest BCUT2D eigenvalue weighted by molar-refractivity contribution is -0.384. The van der Waals surface area contributed by atoms with Crippen LogP contribution in [0, 0.1) is 10.1 Å². The average molecular weight is 293 g/mol. The summed E-state index contributed by atoms with van der Waals surface area (Å²) in [5, 5.41) is 13.4. The molecule has 1 rings (SSSR count). The first-order chi connectivity index (χ1) is 10.1. The predicted octanol–water partition coefficient (Wildman–Crippen LogP) is 4.03. The molecule has 0 heterocycles. The zero-order chi connectivity index (χ0) is 15.7. The first kappa shape index (κ1) is 16.9. The van der Waals surface area contributed by atoms with Crippen LogP contribution in [-0.2, 0) is 0 Å². The highest BCUT2D eigenvalue weighted by atomic mass is 16.6. The monoisotopic (exact) mass is 293 g/mol. The molecular weight excluding hydrogens is 270 g/mol. The normalized spacial score (nSPS) is 10.2. The maximum absolute atomic E-state index is 12.2. The molecule has 6 heteroatoms. The molecule has 0 unspecified atom stereocenters. The number of hydrogen-bond donors (Lipinski definition) is 1. The van der Waals surface area contributed by atoms with Gasteiger partial charge < -0.3 is 10.2 Å². The van der Waals surface area contributed by atoms with E-state index >= 15 is 0 Å². The van der Waals surface area contributed by atoms with Crippen LogP contribution in [0.25, 0.3) is 0 Å². The highest BCUT2D eigenvalue weighted by Crippen LogP contribution is 2.16. The minimum absolute atomic E-state index is 0.0156. The van der Waals surface area contributed by atoms with Crippen molar-refractivity contribution in [1.29, 1.82) is 0 Å². The summed E-state index contributed by atoms with van der Waals surface area (Å²) in [6, 6.07) is 5.73. The fraction of sp³-hybridized carbons (Fsp3) is 0.533. The molecule has 0 saturated carbocycles. The van der Waals surface area contributed by atoms with Crippen LogP contribution in [0.15, 0.2) is 24.3 Å². The van der Waals surface area contributed by atoms with Crippen molar-refractivity contribution in [1.82, 2.24) is 4.90 Å². The summed E-state index contributed by atoms with van der Waals surface area (Å²) in [6.07, 6.45) is 4.01. The summed E-state index contributed by atoms with van der Waals surface area (Å²) >= 11 is 0. The molecule has 21 heavy (non-hydrogen) atoms. The number of carbonyl (C=O) groups excluding carboxylic acids is 1. The lowest BCUT2D eigenvalue weighted by Crippen LogP contribution is -2.36. The summed E-state index contributed by atoms with van der Waals surface area (Å²) in [5.41, 5.74) is 0.588. The molecule has 0 bridgehead atoms. The summed E-state index contributed by atoms with van der Waals surface area (Å²) in [5.74, 6) is 0. The molecule has 116 valence electrons. The van der Waals surface area contributed by atoms with Crippen LogP contribution >= 0.6 is 0 Å². The van der Waals surface area contributed by atoms with Crippen LogP contribution in [0.2, 0.25) is 0 Å². The van der Waals surface area contributed by atoms with E-state index in [1.165, 1.54) is 12.1 Å². The third-order valence-corrected chi connectivity index (χ3v) is 3.18. The van der Waals surface area contributed by atoms with Gasteiger partial charge in [-0.1, -0.05) is 26.7 Å². The molecule has 0 spiro atoms. The molecule has 1 N–H and O–H groups in total. The van der Waals surface area contributed by atoms with Gasteiger partial charge >= 0.3 is 6.03 Å². The molecular formula is C15H23N3O3. The van der Waals surface area contributed by atoms with Crippen LogP contribution in [-0.4, -0.2) is 28.9 Å². The summed E-state index contributed by atoms with van der Waals surface area (Å²) in [4.78, 5) is 24.2. The van der Waals surface area contributed by atoms with E-state index in [2.05, 4.69) is 19.2 Å². The molecule has 0 aliphatic carbocycles. The highest BCUT2D eigenvalue weighted by Gasteiger charge is 2.13. The smallest absolute Gasteiger partial charge is 0.321 e. The van der Waals surface area contributed by atoms with Crippen LogP contribution in [0.4, 0.5) is 16.2 Å². The van der Waals surface area contributed by atoms with Crippen molar-refractivity contribution in [3.8, 4) is 0 Å². The van der Waals surface area contributed by atoms with Crippen molar-refractivity contribution in [2.45, 2.75) is 39.5 Å². The Morgan fingerprint density at radius 1 is 1.14 bits per heavy atom. The number of non-ortho nitro benzene ring substituents is 1. The van der Waals surface area contributed by atoms with Gasteiger partial charge in [0.15, 0.2) is 0 Å². The van der Waals surface area contributed by atoms with E-state index in [1.807, 2.05) is 0 Å². The minimum atomic E-state index is -0.458. The predicted molar refractivity (Wildman–Crippen MR) is 83.5 cm³/mol. The third-order valence-electron chi connectivity index (χ3n) is 3.18. The lowest BCUT2D eigenvalue weighted by atomic mass is 10.2. The first-order valence-electron chi connectivity index (χ1n) is 7.38. The maximum atomic E-state index is 12.2. The first-order valence-corrected chi connectivity index (χ1v) is 7.38. The number of nitro groups is 1. The Balaban J connectivity index is 2.64. The Kier molecular flexibility index (Phi) is 7.21. The number of benzene rings is 1. The van der Waals surface area contributed by atoms with Crippen molar-refractivity contribution < 1.29 is 9.72 Å². The molecule has 1 aromatic carbocycles. The zero-order valence-electron chi connectivity index (χ0n) is 12.7. The molecule has 0 radical (unpaired) electrons. The fourth-order valence-electron chi connectivity index (χ4n) is 1.88. The summed E-state index contributed by atoms with van der Waals surface area (Å²) < 4.78 is 0. The van der Waals surface area contributed by atoms with Crippen LogP contribution in [0.5, 0.6) is 0 Å². The second-order valence-corrected chi connectivity index (χ2v) is 4.93. The van der Waals surface area contributed by atoms with Crippen molar-refractivity contribution in [3.05, 3.63) is 34.4 Å².